The summed E-state index contributed by atoms with van der Waals surface area (Å²) in [6, 6.07) is 8.77. The summed E-state index contributed by atoms with van der Waals surface area (Å²) in [5, 5.41) is 3.57. The molecule has 23 heavy (non-hydrogen) atoms. The van der Waals surface area contributed by atoms with Gasteiger partial charge in [-0.3, -0.25) is 0 Å². The maximum Gasteiger partial charge on any atom is 0.410 e. The largest absolute Gasteiger partial charge is 0.444 e. The van der Waals surface area contributed by atoms with E-state index in [1.165, 1.54) is 5.56 Å². The van der Waals surface area contributed by atoms with Gasteiger partial charge in [-0.2, -0.15) is 0 Å². The van der Waals surface area contributed by atoms with Gasteiger partial charge in [-0.1, -0.05) is 28.1 Å². The molecule has 1 amide bonds. The average molecular weight is 383 g/mol. The molecule has 0 saturated carbocycles. The fourth-order valence-corrected chi connectivity index (χ4v) is 2.97. The molecule has 128 valence electrons. The van der Waals surface area contributed by atoms with E-state index in [1.54, 1.807) is 0 Å². The Morgan fingerprint density at radius 3 is 2.70 bits per heavy atom. The Hall–Kier alpha value is -1.07. The predicted molar refractivity (Wildman–Crippen MR) is 96.7 cm³/mol. The first-order valence-corrected chi connectivity index (χ1v) is 9.08. The zero-order chi connectivity index (χ0) is 16.9. The molecular formula is C18H27BrN2O2. The molecule has 0 radical (unpaired) electrons. The topological polar surface area (TPSA) is 41.6 Å². The standard InChI is InChI=1S/C18H27BrN2O2/c1-18(2,3)23-17(22)21-12-4-5-16(13-21)20-11-10-14-6-8-15(19)9-7-14/h6-9,16,20H,4-5,10-13H2,1-3H3/t16-/m1/s1. The molecule has 5 heteroatoms. The number of rotatable bonds is 4. The summed E-state index contributed by atoms with van der Waals surface area (Å²) in [5.41, 5.74) is 0.888. The van der Waals surface area contributed by atoms with E-state index in [1.807, 2.05) is 25.7 Å². The number of benzene rings is 1. The van der Waals surface area contributed by atoms with E-state index >= 15 is 0 Å². The Bertz CT molecular complexity index is 511. The first-order chi connectivity index (χ1) is 10.8. The van der Waals surface area contributed by atoms with Gasteiger partial charge in [0.2, 0.25) is 0 Å². The molecule has 2 rings (SSSR count). The highest BCUT2D eigenvalue weighted by atomic mass is 79.9. The fraction of sp³-hybridized carbons (Fsp3) is 0.611. The number of ether oxygens (including phenoxy) is 1. The summed E-state index contributed by atoms with van der Waals surface area (Å²) in [4.78, 5) is 14.0. The van der Waals surface area contributed by atoms with Gasteiger partial charge in [-0.25, -0.2) is 4.79 Å². The number of nitrogens with zero attached hydrogens (tertiary/aromatic N) is 1. The maximum absolute atomic E-state index is 12.2. The van der Waals surface area contributed by atoms with Gasteiger partial charge < -0.3 is 15.0 Å². The summed E-state index contributed by atoms with van der Waals surface area (Å²) >= 11 is 3.45. The molecule has 1 aliphatic rings. The van der Waals surface area contributed by atoms with Crippen LogP contribution < -0.4 is 5.32 Å². The van der Waals surface area contributed by atoms with Gasteiger partial charge in [0.25, 0.3) is 0 Å². The SMILES string of the molecule is CC(C)(C)OC(=O)N1CCC[C@@H](NCCc2ccc(Br)cc2)C1. The van der Waals surface area contributed by atoms with E-state index in [0.29, 0.717) is 6.04 Å². The highest BCUT2D eigenvalue weighted by Crippen LogP contribution is 2.16. The second-order valence-corrected chi connectivity index (χ2v) is 8.01. The van der Waals surface area contributed by atoms with Crippen LogP contribution in [0.5, 0.6) is 0 Å². The van der Waals surface area contributed by atoms with Crippen molar-refractivity contribution in [1.82, 2.24) is 10.2 Å². The van der Waals surface area contributed by atoms with Crippen molar-refractivity contribution in [2.24, 2.45) is 0 Å². The van der Waals surface area contributed by atoms with Crippen LogP contribution in [-0.4, -0.2) is 42.3 Å². The molecule has 1 aromatic carbocycles. The Labute approximate surface area is 147 Å². The first-order valence-electron chi connectivity index (χ1n) is 8.29. The lowest BCUT2D eigenvalue weighted by Gasteiger charge is -2.34. The van der Waals surface area contributed by atoms with Crippen LogP contribution in [0.25, 0.3) is 0 Å². The van der Waals surface area contributed by atoms with Gasteiger partial charge >= 0.3 is 6.09 Å². The summed E-state index contributed by atoms with van der Waals surface area (Å²) < 4.78 is 6.57. The molecule has 0 unspecified atom stereocenters. The monoisotopic (exact) mass is 382 g/mol. The molecule has 1 heterocycles. The number of hydrogen-bond donors (Lipinski definition) is 1. The second-order valence-electron chi connectivity index (χ2n) is 7.10. The minimum atomic E-state index is -0.432. The number of carbonyl (C=O) groups excluding carboxylic acids is 1. The van der Waals surface area contributed by atoms with Gasteiger partial charge in [0.15, 0.2) is 0 Å². The minimum Gasteiger partial charge on any atom is -0.444 e. The van der Waals surface area contributed by atoms with Crippen LogP contribution in [0.15, 0.2) is 28.7 Å². The van der Waals surface area contributed by atoms with Gasteiger partial charge in [-0.15, -0.1) is 0 Å². The van der Waals surface area contributed by atoms with Crippen molar-refractivity contribution in [3.8, 4) is 0 Å². The van der Waals surface area contributed by atoms with Crippen molar-refractivity contribution in [3.05, 3.63) is 34.3 Å². The third-order valence-corrected chi connectivity index (χ3v) is 4.36. The number of likely N-dealkylation sites (tertiary alicyclic amines) is 1. The highest BCUT2D eigenvalue weighted by Gasteiger charge is 2.27. The first kappa shape index (κ1) is 18.3. The molecule has 1 N–H and O–H groups in total. The molecule has 1 atom stereocenters. The zero-order valence-corrected chi connectivity index (χ0v) is 15.9. The smallest absolute Gasteiger partial charge is 0.410 e. The Morgan fingerprint density at radius 2 is 2.04 bits per heavy atom. The molecule has 1 aromatic rings. The summed E-state index contributed by atoms with van der Waals surface area (Å²) in [6.07, 6.45) is 2.93. The van der Waals surface area contributed by atoms with Crippen LogP contribution in [0, 0.1) is 0 Å². The Balaban J connectivity index is 1.75. The van der Waals surface area contributed by atoms with E-state index in [2.05, 4.69) is 45.5 Å². The zero-order valence-electron chi connectivity index (χ0n) is 14.3. The highest BCUT2D eigenvalue weighted by molar-refractivity contribution is 9.10. The molecule has 4 nitrogen and oxygen atoms in total. The predicted octanol–water partition coefficient (Wildman–Crippen LogP) is 3.98. The Morgan fingerprint density at radius 1 is 1.35 bits per heavy atom. The van der Waals surface area contributed by atoms with Crippen molar-refractivity contribution < 1.29 is 9.53 Å². The number of nitrogens with one attached hydrogen (secondary N) is 1. The lowest BCUT2D eigenvalue weighted by molar-refractivity contribution is 0.0188. The van der Waals surface area contributed by atoms with Crippen molar-refractivity contribution >= 4 is 22.0 Å². The lowest BCUT2D eigenvalue weighted by Crippen LogP contribution is -2.49. The summed E-state index contributed by atoms with van der Waals surface area (Å²) in [7, 11) is 0. The molecule has 0 bridgehead atoms. The number of amides is 1. The molecule has 1 fully saturated rings. The van der Waals surface area contributed by atoms with Crippen LogP contribution in [0.3, 0.4) is 0 Å². The normalized spacial score (nSPS) is 18.8. The van der Waals surface area contributed by atoms with Crippen molar-refractivity contribution in [2.75, 3.05) is 19.6 Å². The molecule has 0 aromatic heterocycles. The molecule has 1 saturated heterocycles. The summed E-state index contributed by atoms with van der Waals surface area (Å²) in [6.45, 7) is 8.16. The van der Waals surface area contributed by atoms with Crippen LogP contribution >= 0.6 is 15.9 Å². The third-order valence-electron chi connectivity index (χ3n) is 3.83. The van der Waals surface area contributed by atoms with E-state index in [-0.39, 0.29) is 6.09 Å². The van der Waals surface area contributed by atoms with Crippen LogP contribution in [-0.2, 0) is 11.2 Å². The van der Waals surface area contributed by atoms with Gasteiger partial charge in [0.1, 0.15) is 5.60 Å². The van der Waals surface area contributed by atoms with Gasteiger partial charge in [0.05, 0.1) is 0 Å². The molecular weight excluding hydrogens is 356 g/mol. The second kappa shape index (κ2) is 8.15. The van der Waals surface area contributed by atoms with Gasteiger partial charge in [0, 0.05) is 23.6 Å². The van der Waals surface area contributed by atoms with E-state index in [0.717, 1.165) is 43.4 Å². The van der Waals surface area contributed by atoms with Crippen LogP contribution in [0.2, 0.25) is 0 Å². The van der Waals surface area contributed by atoms with Crippen molar-refractivity contribution in [1.29, 1.82) is 0 Å². The van der Waals surface area contributed by atoms with E-state index in [9.17, 15) is 4.79 Å². The number of halogens is 1. The summed E-state index contributed by atoms with van der Waals surface area (Å²) in [5.74, 6) is 0. The molecule has 1 aliphatic heterocycles. The van der Waals surface area contributed by atoms with Crippen LogP contribution in [0.4, 0.5) is 4.79 Å². The lowest BCUT2D eigenvalue weighted by atomic mass is 10.1. The quantitative estimate of drug-likeness (QED) is 0.855. The van der Waals surface area contributed by atoms with E-state index < -0.39 is 5.60 Å². The maximum atomic E-state index is 12.2. The van der Waals surface area contributed by atoms with Crippen LogP contribution in [0.1, 0.15) is 39.2 Å². The third kappa shape index (κ3) is 6.51. The van der Waals surface area contributed by atoms with Crippen molar-refractivity contribution in [2.45, 2.75) is 51.7 Å². The number of piperidine rings is 1. The Kier molecular flexibility index (Phi) is 6.48. The average Bonchev–Trinajstić information content (AvgIpc) is 2.48. The van der Waals surface area contributed by atoms with Gasteiger partial charge in [-0.05, 0) is 64.3 Å². The minimum absolute atomic E-state index is 0.197. The molecule has 0 aliphatic carbocycles. The van der Waals surface area contributed by atoms with Crippen molar-refractivity contribution in [3.63, 3.8) is 0 Å². The molecule has 0 spiro atoms. The number of hydrogen-bond acceptors (Lipinski definition) is 3. The van der Waals surface area contributed by atoms with E-state index in [4.69, 9.17) is 4.74 Å². The number of carbonyl (C=O) groups is 1. The fourth-order valence-electron chi connectivity index (χ4n) is 2.71.